The highest BCUT2D eigenvalue weighted by Gasteiger charge is 2.19. The maximum Gasteiger partial charge on any atom is 0.394 e. The number of fused-ring (bicyclic) bond motifs is 1. The van der Waals surface area contributed by atoms with Crippen LogP contribution in [0.25, 0.3) is 22.3 Å². The number of para-hydroxylation sites is 1. The number of carbonyl (C=O) groups is 2. The zero-order valence-corrected chi connectivity index (χ0v) is 18.6. The van der Waals surface area contributed by atoms with E-state index in [9.17, 15) is 14.4 Å². The Balaban J connectivity index is 1.89. The molecule has 8 nitrogen and oxygen atoms in total. The summed E-state index contributed by atoms with van der Waals surface area (Å²) in [6, 6.07) is 9.72. The van der Waals surface area contributed by atoms with E-state index in [0.29, 0.717) is 38.4 Å². The topological polar surface area (TPSA) is 115 Å². The molecule has 10 heteroatoms. The minimum atomic E-state index is -1.55. The van der Waals surface area contributed by atoms with Crippen LogP contribution in [0.15, 0.2) is 50.1 Å². The molecular formula is C21H17BrClNO7. The van der Waals surface area contributed by atoms with E-state index >= 15 is 0 Å². The van der Waals surface area contributed by atoms with Gasteiger partial charge in [0, 0.05) is 12.6 Å². The third-order valence-corrected chi connectivity index (χ3v) is 5.21. The second-order valence-electron chi connectivity index (χ2n) is 6.31. The van der Waals surface area contributed by atoms with Crippen LogP contribution >= 0.6 is 27.5 Å². The number of aliphatic carboxylic acids is 1. The Kier molecular flexibility index (Phi) is 7.19. The lowest BCUT2D eigenvalue weighted by Crippen LogP contribution is -2.31. The third kappa shape index (κ3) is 5.00. The number of methoxy groups -OCH3 is 1. The van der Waals surface area contributed by atoms with Crippen molar-refractivity contribution in [2.75, 3.05) is 20.3 Å². The van der Waals surface area contributed by atoms with Crippen molar-refractivity contribution in [2.45, 2.75) is 6.42 Å². The van der Waals surface area contributed by atoms with Gasteiger partial charge in [-0.2, -0.15) is 0 Å². The highest BCUT2D eigenvalue weighted by atomic mass is 79.9. The van der Waals surface area contributed by atoms with Crippen LogP contribution in [0.1, 0.15) is 6.42 Å². The SMILES string of the molecule is COc1c(-c2cc(=O)c3cccc(Cl)c3o2)ccc(Br)c1OCCCNC(=O)C(=O)O. The molecular weight excluding hydrogens is 494 g/mol. The van der Waals surface area contributed by atoms with Crippen molar-refractivity contribution in [3.8, 4) is 22.8 Å². The average molecular weight is 511 g/mol. The molecule has 1 amide bonds. The summed E-state index contributed by atoms with van der Waals surface area (Å²) >= 11 is 9.60. The first-order chi connectivity index (χ1) is 14.8. The molecule has 1 aromatic heterocycles. The van der Waals surface area contributed by atoms with Crippen LogP contribution in [0.3, 0.4) is 0 Å². The van der Waals surface area contributed by atoms with E-state index in [0.717, 1.165) is 0 Å². The second kappa shape index (κ2) is 9.84. The summed E-state index contributed by atoms with van der Waals surface area (Å²) in [6.07, 6.45) is 0.361. The number of hydrogen-bond donors (Lipinski definition) is 2. The summed E-state index contributed by atoms with van der Waals surface area (Å²) in [6.45, 7) is 0.300. The Hall–Kier alpha value is -3.04. The van der Waals surface area contributed by atoms with Gasteiger partial charge in [0.1, 0.15) is 5.76 Å². The number of carboxylic acids is 1. The van der Waals surface area contributed by atoms with E-state index in [-0.39, 0.29) is 29.9 Å². The largest absolute Gasteiger partial charge is 0.492 e. The summed E-state index contributed by atoms with van der Waals surface area (Å²) in [7, 11) is 1.46. The summed E-state index contributed by atoms with van der Waals surface area (Å²) < 4.78 is 17.8. The molecule has 0 saturated heterocycles. The molecule has 3 aromatic rings. The Morgan fingerprint density at radius 1 is 1.23 bits per heavy atom. The second-order valence-corrected chi connectivity index (χ2v) is 7.57. The molecule has 0 bridgehead atoms. The molecule has 1 heterocycles. The van der Waals surface area contributed by atoms with Crippen molar-refractivity contribution in [3.63, 3.8) is 0 Å². The molecule has 162 valence electrons. The average Bonchev–Trinajstić information content (AvgIpc) is 2.74. The van der Waals surface area contributed by atoms with Gasteiger partial charge in [-0.05, 0) is 46.6 Å². The van der Waals surface area contributed by atoms with Crippen molar-refractivity contribution >= 4 is 50.4 Å². The van der Waals surface area contributed by atoms with Gasteiger partial charge in [0.05, 0.1) is 34.2 Å². The zero-order valence-electron chi connectivity index (χ0n) is 16.2. The van der Waals surface area contributed by atoms with Crippen LogP contribution in [0.2, 0.25) is 5.02 Å². The fourth-order valence-corrected chi connectivity index (χ4v) is 3.51. The minimum Gasteiger partial charge on any atom is -0.492 e. The quantitative estimate of drug-likeness (QED) is 0.366. The van der Waals surface area contributed by atoms with Gasteiger partial charge in [-0.15, -0.1) is 0 Å². The summed E-state index contributed by atoms with van der Waals surface area (Å²) in [5, 5.41) is 11.5. The lowest BCUT2D eigenvalue weighted by atomic mass is 10.1. The number of benzene rings is 2. The number of amides is 1. The summed E-state index contributed by atoms with van der Waals surface area (Å²) in [5.41, 5.74) is 0.507. The molecule has 2 N–H and O–H groups in total. The molecule has 0 fully saturated rings. The van der Waals surface area contributed by atoms with Crippen LogP contribution in [0.4, 0.5) is 0 Å². The minimum absolute atomic E-state index is 0.128. The predicted octanol–water partition coefficient (Wildman–Crippen LogP) is 3.85. The first kappa shape index (κ1) is 22.6. The maximum absolute atomic E-state index is 12.5. The first-order valence-electron chi connectivity index (χ1n) is 9.06. The van der Waals surface area contributed by atoms with Crippen LogP contribution < -0.4 is 20.2 Å². The van der Waals surface area contributed by atoms with Gasteiger partial charge in [-0.25, -0.2) is 4.79 Å². The van der Waals surface area contributed by atoms with Gasteiger partial charge < -0.3 is 24.3 Å². The van der Waals surface area contributed by atoms with E-state index in [1.54, 1.807) is 30.3 Å². The van der Waals surface area contributed by atoms with Crippen molar-refractivity contribution in [1.82, 2.24) is 5.32 Å². The molecule has 31 heavy (non-hydrogen) atoms. The number of carboxylic acid groups (broad SMARTS) is 1. The molecule has 0 aliphatic heterocycles. The van der Waals surface area contributed by atoms with E-state index in [1.807, 2.05) is 0 Å². The Labute approximate surface area is 189 Å². The molecule has 0 aliphatic carbocycles. The molecule has 3 rings (SSSR count). The smallest absolute Gasteiger partial charge is 0.394 e. The van der Waals surface area contributed by atoms with Crippen molar-refractivity contribution in [1.29, 1.82) is 0 Å². The van der Waals surface area contributed by atoms with Gasteiger partial charge >= 0.3 is 11.9 Å². The molecule has 0 radical (unpaired) electrons. The number of carbonyl (C=O) groups excluding carboxylic acids is 1. The van der Waals surface area contributed by atoms with Crippen LogP contribution in [-0.2, 0) is 9.59 Å². The molecule has 0 saturated carbocycles. The Morgan fingerprint density at radius 2 is 2.00 bits per heavy atom. The monoisotopic (exact) mass is 509 g/mol. The van der Waals surface area contributed by atoms with Gasteiger partial charge in [0.15, 0.2) is 22.5 Å². The Morgan fingerprint density at radius 3 is 2.71 bits per heavy atom. The van der Waals surface area contributed by atoms with Gasteiger partial charge in [0.25, 0.3) is 0 Å². The van der Waals surface area contributed by atoms with Crippen molar-refractivity contribution < 1.29 is 28.6 Å². The molecule has 0 spiro atoms. The first-order valence-corrected chi connectivity index (χ1v) is 10.2. The number of nitrogens with one attached hydrogen (secondary N) is 1. The summed E-state index contributed by atoms with van der Waals surface area (Å²) in [4.78, 5) is 34.1. The molecule has 0 atom stereocenters. The maximum atomic E-state index is 12.5. The van der Waals surface area contributed by atoms with Gasteiger partial charge in [0.2, 0.25) is 0 Å². The van der Waals surface area contributed by atoms with Crippen LogP contribution in [0.5, 0.6) is 11.5 Å². The van der Waals surface area contributed by atoms with Gasteiger partial charge in [-0.1, -0.05) is 17.7 Å². The molecule has 0 aliphatic rings. The Bertz CT molecular complexity index is 1210. The number of ether oxygens (including phenoxy) is 2. The van der Waals surface area contributed by atoms with Crippen molar-refractivity contribution in [2.24, 2.45) is 0 Å². The third-order valence-electron chi connectivity index (χ3n) is 4.29. The van der Waals surface area contributed by atoms with Gasteiger partial charge in [-0.3, -0.25) is 9.59 Å². The van der Waals surface area contributed by atoms with Crippen LogP contribution in [0, 0.1) is 0 Å². The normalized spacial score (nSPS) is 10.7. The van der Waals surface area contributed by atoms with E-state index in [1.165, 1.54) is 13.2 Å². The molecule has 2 aromatic carbocycles. The number of halogens is 2. The number of hydrogen-bond acceptors (Lipinski definition) is 6. The van der Waals surface area contributed by atoms with Crippen molar-refractivity contribution in [3.05, 3.63) is 56.1 Å². The lowest BCUT2D eigenvalue weighted by molar-refractivity contribution is -0.150. The zero-order chi connectivity index (χ0) is 22.5. The standard InChI is InChI=1S/C21H17BrClNO7/c1-29-18-12(16-10-15(25)11-4-2-5-14(23)17(11)31-16)6-7-13(22)19(18)30-9-3-8-24-20(26)21(27)28/h2,4-7,10H,3,8-9H2,1H3,(H,24,26)(H,27,28). The van der Waals surface area contributed by atoms with E-state index in [2.05, 4.69) is 21.2 Å². The number of rotatable bonds is 7. The highest BCUT2D eigenvalue weighted by Crippen LogP contribution is 2.43. The fourth-order valence-electron chi connectivity index (χ4n) is 2.87. The van der Waals surface area contributed by atoms with E-state index in [4.69, 9.17) is 30.6 Å². The van der Waals surface area contributed by atoms with Crippen LogP contribution in [-0.4, -0.2) is 37.2 Å². The summed E-state index contributed by atoms with van der Waals surface area (Å²) in [5.74, 6) is -1.67. The highest BCUT2D eigenvalue weighted by molar-refractivity contribution is 9.10. The van der Waals surface area contributed by atoms with E-state index < -0.39 is 11.9 Å². The predicted molar refractivity (Wildman–Crippen MR) is 118 cm³/mol. The lowest BCUT2D eigenvalue weighted by Gasteiger charge is -2.16. The molecule has 0 unspecified atom stereocenters. The fraction of sp³-hybridized carbons (Fsp3) is 0.190.